The van der Waals surface area contributed by atoms with E-state index in [0.717, 1.165) is 27.8 Å². The Morgan fingerprint density at radius 2 is 2.14 bits per heavy atom. The maximum atomic E-state index is 12.7. The Balaban J connectivity index is 2.00. The summed E-state index contributed by atoms with van der Waals surface area (Å²) in [6.07, 6.45) is 9.52. The molecule has 22 heavy (non-hydrogen) atoms. The summed E-state index contributed by atoms with van der Waals surface area (Å²) in [4.78, 5) is 17.1. The van der Waals surface area contributed by atoms with Gasteiger partial charge in [-0.2, -0.15) is 0 Å². The number of fused-ring (bicyclic) bond motifs is 1. The molecule has 0 unspecified atom stereocenters. The van der Waals surface area contributed by atoms with Crippen LogP contribution >= 0.6 is 15.9 Å². The second kappa shape index (κ2) is 5.80. The number of hydrogen-bond donors (Lipinski definition) is 0. The maximum Gasteiger partial charge on any atom is 0.231 e. The Morgan fingerprint density at radius 1 is 1.41 bits per heavy atom. The molecule has 0 amide bonds. The lowest BCUT2D eigenvalue weighted by atomic mass is 9.81. The van der Waals surface area contributed by atoms with Crippen LogP contribution in [0.3, 0.4) is 0 Å². The summed E-state index contributed by atoms with van der Waals surface area (Å²) in [5.41, 5.74) is 2.24. The van der Waals surface area contributed by atoms with E-state index in [1.165, 1.54) is 24.8 Å². The van der Waals surface area contributed by atoms with E-state index in [-0.39, 0.29) is 11.3 Å². The summed E-state index contributed by atoms with van der Waals surface area (Å²) in [7, 11) is 0. The van der Waals surface area contributed by atoms with Crippen LogP contribution in [0.15, 0.2) is 23.1 Å². The molecule has 2 aromatic heterocycles. The maximum absolute atomic E-state index is 12.7. The lowest BCUT2D eigenvalue weighted by Crippen LogP contribution is -2.18. The van der Waals surface area contributed by atoms with Crippen molar-refractivity contribution in [2.45, 2.75) is 52.9 Å². The summed E-state index contributed by atoms with van der Waals surface area (Å²) in [6, 6.07) is 1.96. The van der Waals surface area contributed by atoms with Crippen molar-refractivity contribution < 1.29 is 4.79 Å². The molecule has 0 aliphatic heterocycles. The first-order valence-corrected chi connectivity index (χ1v) is 8.81. The molecule has 1 aliphatic carbocycles. The van der Waals surface area contributed by atoms with Crippen molar-refractivity contribution in [3.8, 4) is 0 Å². The number of aromatic nitrogens is 2. The SMILES string of the molecule is CC(C)(C)CC(=O)n1cc(CC2CCC2)c2cnc(Br)cc21. The van der Waals surface area contributed by atoms with Gasteiger partial charge >= 0.3 is 0 Å². The third kappa shape index (κ3) is 3.27. The van der Waals surface area contributed by atoms with Crippen molar-refractivity contribution in [1.82, 2.24) is 9.55 Å². The molecular weight excluding hydrogens is 340 g/mol. The lowest BCUT2D eigenvalue weighted by molar-refractivity contribution is 0.0862. The third-order valence-electron chi connectivity index (χ3n) is 4.42. The Kier molecular flexibility index (Phi) is 4.15. The molecule has 3 rings (SSSR count). The van der Waals surface area contributed by atoms with E-state index in [4.69, 9.17) is 0 Å². The van der Waals surface area contributed by atoms with Gasteiger partial charge in [0.1, 0.15) is 4.60 Å². The van der Waals surface area contributed by atoms with Crippen LogP contribution in [0, 0.1) is 11.3 Å². The van der Waals surface area contributed by atoms with E-state index < -0.39 is 0 Å². The minimum atomic E-state index is -0.00786. The zero-order valence-corrected chi connectivity index (χ0v) is 15.1. The zero-order chi connectivity index (χ0) is 15.9. The topological polar surface area (TPSA) is 34.9 Å². The molecule has 0 saturated heterocycles. The summed E-state index contributed by atoms with van der Waals surface area (Å²) in [5.74, 6) is 0.941. The van der Waals surface area contributed by atoms with Gasteiger partial charge in [0, 0.05) is 24.2 Å². The molecule has 2 aromatic rings. The fraction of sp³-hybridized carbons (Fsp3) is 0.556. The number of rotatable bonds is 3. The number of pyridine rings is 1. The Bertz CT molecular complexity index is 708. The van der Waals surface area contributed by atoms with Gasteiger partial charge in [-0.15, -0.1) is 0 Å². The van der Waals surface area contributed by atoms with Gasteiger partial charge in [-0.1, -0.05) is 40.0 Å². The summed E-state index contributed by atoms with van der Waals surface area (Å²) in [6.45, 7) is 6.30. The van der Waals surface area contributed by atoms with E-state index in [9.17, 15) is 4.79 Å². The third-order valence-corrected chi connectivity index (χ3v) is 4.86. The largest absolute Gasteiger partial charge is 0.287 e. The van der Waals surface area contributed by atoms with Crippen LogP contribution in [0.4, 0.5) is 0 Å². The molecule has 118 valence electrons. The highest BCUT2D eigenvalue weighted by Gasteiger charge is 2.23. The van der Waals surface area contributed by atoms with Gasteiger partial charge < -0.3 is 0 Å². The average Bonchev–Trinajstić information content (AvgIpc) is 2.70. The number of halogens is 1. The smallest absolute Gasteiger partial charge is 0.231 e. The minimum absolute atomic E-state index is 0.00786. The molecule has 1 aliphatic rings. The molecule has 0 spiro atoms. The number of carbonyl (C=O) groups is 1. The van der Waals surface area contributed by atoms with E-state index >= 15 is 0 Å². The van der Waals surface area contributed by atoms with Crippen molar-refractivity contribution in [3.05, 3.63) is 28.6 Å². The molecule has 1 saturated carbocycles. The predicted octanol–water partition coefficient (Wildman–Crippen LogP) is 5.22. The fourth-order valence-electron chi connectivity index (χ4n) is 3.08. The van der Waals surface area contributed by atoms with E-state index in [1.807, 2.05) is 23.0 Å². The fourth-order valence-corrected chi connectivity index (χ4v) is 3.40. The van der Waals surface area contributed by atoms with Crippen LogP contribution in [-0.2, 0) is 6.42 Å². The Hall–Kier alpha value is -1.16. The van der Waals surface area contributed by atoms with Gasteiger partial charge in [-0.25, -0.2) is 4.98 Å². The van der Waals surface area contributed by atoms with Gasteiger partial charge in [0.2, 0.25) is 5.91 Å². The number of nitrogens with zero attached hydrogens (tertiary/aromatic N) is 2. The van der Waals surface area contributed by atoms with Gasteiger partial charge in [-0.3, -0.25) is 9.36 Å². The lowest BCUT2D eigenvalue weighted by Gasteiger charge is -2.24. The van der Waals surface area contributed by atoms with Crippen molar-refractivity contribution in [3.63, 3.8) is 0 Å². The first kappa shape index (κ1) is 15.7. The van der Waals surface area contributed by atoms with Crippen LogP contribution in [0.1, 0.15) is 56.8 Å². The molecule has 0 bridgehead atoms. The molecule has 3 nitrogen and oxygen atoms in total. The first-order valence-electron chi connectivity index (χ1n) is 8.02. The van der Waals surface area contributed by atoms with Crippen molar-refractivity contribution in [1.29, 1.82) is 0 Å². The molecule has 0 atom stereocenters. The van der Waals surface area contributed by atoms with Crippen LogP contribution in [0.5, 0.6) is 0 Å². The zero-order valence-electron chi connectivity index (χ0n) is 13.5. The van der Waals surface area contributed by atoms with Crippen LogP contribution in [0.2, 0.25) is 0 Å². The van der Waals surface area contributed by atoms with Gasteiger partial charge in [0.15, 0.2) is 0 Å². The predicted molar refractivity (Wildman–Crippen MR) is 93.2 cm³/mol. The standard InChI is InChI=1S/C18H23BrN2O/c1-18(2,3)9-17(22)21-11-13(7-12-5-4-6-12)14-10-20-16(19)8-15(14)21/h8,10-12H,4-7,9H2,1-3H3. The van der Waals surface area contributed by atoms with Crippen LogP contribution in [-0.4, -0.2) is 15.5 Å². The van der Waals surface area contributed by atoms with Crippen molar-refractivity contribution in [2.75, 3.05) is 0 Å². The second-order valence-electron chi connectivity index (χ2n) is 7.68. The average molecular weight is 363 g/mol. The Morgan fingerprint density at radius 3 is 2.73 bits per heavy atom. The molecule has 0 radical (unpaired) electrons. The molecule has 4 heteroatoms. The van der Waals surface area contributed by atoms with Crippen LogP contribution in [0.25, 0.3) is 10.9 Å². The molecular formula is C18H23BrN2O. The molecule has 0 aromatic carbocycles. The molecule has 0 N–H and O–H groups in total. The summed E-state index contributed by atoms with van der Waals surface area (Å²) in [5, 5.41) is 1.12. The Labute approximate surface area is 140 Å². The second-order valence-corrected chi connectivity index (χ2v) is 8.49. The number of hydrogen-bond acceptors (Lipinski definition) is 2. The van der Waals surface area contributed by atoms with Gasteiger partial charge in [0.05, 0.1) is 5.52 Å². The summed E-state index contributed by atoms with van der Waals surface area (Å²) >= 11 is 3.43. The van der Waals surface area contributed by atoms with Crippen molar-refractivity contribution >= 4 is 32.7 Å². The monoisotopic (exact) mass is 362 g/mol. The van der Waals surface area contributed by atoms with Gasteiger partial charge in [0.25, 0.3) is 0 Å². The van der Waals surface area contributed by atoms with E-state index in [1.54, 1.807) is 0 Å². The highest BCUT2D eigenvalue weighted by Crippen LogP contribution is 2.33. The van der Waals surface area contributed by atoms with Crippen molar-refractivity contribution in [2.24, 2.45) is 11.3 Å². The van der Waals surface area contributed by atoms with Crippen LogP contribution < -0.4 is 0 Å². The number of carbonyl (C=O) groups excluding carboxylic acids is 1. The van der Waals surface area contributed by atoms with E-state index in [0.29, 0.717) is 6.42 Å². The highest BCUT2D eigenvalue weighted by atomic mass is 79.9. The molecule has 1 fully saturated rings. The summed E-state index contributed by atoms with van der Waals surface area (Å²) < 4.78 is 2.61. The highest BCUT2D eigenvalue weighted by molar-refractivity contribution is 9.10. The van der Waals surface area contributed by atoms with E-state index in [2.05, 4.69) is 41.7 Å². The molecule has 2 heterocycles. The normalized spacial score (nSPS) is 16.0. The van der Waals surface area contributed by atoms with Gasteiger partial charge in [-0.05, 0) is 45.3 Å². The quantitative estimate of drug-likeness (QED) is 0.701. The first-order chi connectivity index (χ1) is 10.3. The minimum Gasteiger partial charge on any atom is -0.287 e.